The molecule has 0 unspecified atom stereocenters. The first kappa shape index (κ1) is 21.9. The summed E-state index contributed by atoms with van der Waals surface area (Å²) in [6, 6.07) is 16.2. The lowest BCUT2D eigenvalue weighted by molar-refractivity contribution is -0.121. The van der Waals surface area contributed by atoms with E-state index in [1.165, 1.54) is 17.7 Å². The van der Waals surface area contributed by atoms with Crippen LogP contribution in [0, 0.1) is 0 Å². The van der Waals surface area contributed by atoms with E-state index in [0.717, 1.165) is 54.8 Å². The summed E-state index contributed by atoms with van der Waals surface area (Å²) in [6.07, 6.45) is 8.25. The van der Waals surface area contributed by atoms with Gasteiger partial charge in [0.15, 0.2) is 11.6 Å². The number of hydrogen-bond acceptors (Lipinski definition) is 4. The van der Waals surface area contributed by atoms with Gasteiger partial charge in [0, 0.05) is 44.4 Å². The fourth-order valence-corrected chi connectivity index (χ4v) is 3.84. The van der Waals surface area contributed by atoms with Crippen molar-refractivity contribution >= 4 is 34.6 Å². The van der Waals surface area contributed by atoms with Crippen molar-refractivity contribution in [3.63, 3.8) is 0 Å². The van der Waals surface area contributed by atoms with E-state index >= 15 is 0 Å². The summed E-state index contributed by atoms with van der Waals surface area (Å²) in [6.45, 7) is 5.36. The molecule has 0 aliphatic carbocycles. The molecule has 32 heavy (non-hydrogen) atoms. The maximum atomic E-state index is 12.2. The Balaban J connectivity index is 1.25. The van der Waals surface area contributed by atoms with E-state index < -0.39 is 0 Å². The summed E-state index contributed by atoms with van der Waals surface area (Å²) in [5.74, 6) is -0.394. The highest BCUT2D eigenvalue weighted by atomic mass is 16.1. The van der Waals surface area contributed by atoms with Crippen LogP contribution in [0.25, 0.3) is 23.1 Å². The molecule has 1 aromatic heterocycles. The maximum absolute atomic E-state index is 12.2. The molecule has 0 amide bonds. The van der Waals surface area contributed by atoms with Crippen LogP contribution in [-0.4, -0.2) is 59.6 Å². The van der Waals surface area contributed by atoms with Gasteiger partial charge in [0.1, 0.15) is 0 Å². The number of aromatic nitrogens is 1. The number of allylic oxidation sites excluding steroid dienone is 2. The summed E-state index contributed by atoms with van der Waals surface area (Å²) in [7, 11) is 2.16. The molecule has 1 N–H and O–H groups in total. The normalized spacial score (nSPS) is 15.8. The van der Waals surface area contributed by atoms with E-state index in [1.54, 1.807) is 12.2 Å². The fourth-order valence-electron chi connectivity index (χ4n) is 3.84. The van der Waals surface area contributed by atoms with Gasteiger partial charge in [-0.25, -0.2) is 0 Å². The van der Waals surface area contributed by atoms with Crippen LogP contribution in [0.1, 0.15) is 23.1 Å². The van der Waals surface area contributed by atoms with Gasteiger partial charge >= 0.3 is 0 Å². The van der Waals surface area contributed by atoms with Crippen molar-refractivity contribution in [2.75, 3.05) is 33.2 Å². The van der Waals surface area contributed by atoms with Crippen LogP contribution in [0.3, 0.4) is 0 Å². The molecule has 1 fully saturated rings. The van der Waals surface area contributed by atoms with Crippen LogP contribution in [0.2, 0.25) is 0 Å². The Labute approximate surface area is 189 Å². The van der Waals surface area contributed by atoms with Gasteiger partial charge in [0.2, 0.25) is 0 Å². The zero-order chi connectivity index (χ0) is 22.3. The Morgan fingerprint density at radius 2 is 1.53 bits per heavy atom. The van der Waals surface area contributed by atoms with Crippen molar-refractivity contribution in [1.29, 1.82) is 0 Å². The summed E-state index contributed by atoms with van der Waals surface area (Å²) in [4.78, 5) is 32.3. The molecule has 164 valence electrons. The van der Waals surface area contributed by atoms with Crippen molar-refractivity contribution in [3.05, 3.63) is 83.6 Å². The van der Waals surface area contributed by atoms with Gasteiger partial charge in [0.25, 0.3) is 0 Å². The van der Waals surface area contributed by atoms with Crippen LogP contribution in [0.15, 0.2) is 66.9 Å². The second kappa shape index (κ2) is 10.4. The van der Waals surface area contributed by atoms with Gasteiger partial charge in [-0.15, -0.1) is 0 Å². The van der Waals surface area contributed by atoms with Gasteiger partial charge in [-0.2, -0.15) is 0 Å². The number of carbonyl (C=O) groups excluding carboxylic acids is 2. The van der Waals surface area contributed by atoms with Crippen molar-refractivity contribution in [1.82, 2.24) is 14.8 Å². The largest absolute Gasteiger partial charge is 0.361 e. The molecule has 5 heteroatoms. The van der Waals surface area contributed by atoms with Gasteiger partial charge in [-0.3, -0.25) is 14.5 Å². The number of nitrogens with one attached hydrogen (secondary N) is 1. The standard InChI is InChI=1S/C27H29N3O2/c1-29-14-16-30(17-15-29)20-23-4-2-21(3-5-23)7-10-25(31)19-26(32)11-8-22-6-9-24-12-13-28-27(24)18-22/h2-13,18,28H,14-17,19-20H2,1H3. The molecule has 1 aliphatic rings. The minimum absolute atomic E-state index is 0.126. The first-order valence-corrected chi connectivity index (χ1v) is 11.0. The molecule has 1 aliphatic heterocycles. The molecule has 0 atom stereocenters. The average Bonchev–Trinajstić information content (AvgIpc) is 3.27. The Bertz CT molecular complexity index is 1130. The minimum Gasteiger partial charge on any atom is -0.361 e. The number of piperazine rings is 1. The third-order valence-electron chi connectivity index (χ3n) is 5.83. The number of fused-ring (bicyclic) bond motifs is 1. The number of nitrogens with zero attached hydrogens (tertiary/aromatic N) is 2. The molecule has 5 nitrogen and oxygen atoms in total. The smallest absolute Gasteiger partial charge is 0.163 e. The number of ketones is 2. The highest BCUT2D eigenvalue weighted by molar-refractivity contribution is 6.11. The third kappa shape index (κ3) is 6.13. The maximum Gasteiger partial charge on any atom is 0.163 e. The molecule has 2 heterocycles. The number of carbonyl (C=O) groups is 2. The molecule has 3 aromatic rings. The topological polar surface area (TPSA) is 56.4 Å². The van der Waals surface area contributed by atoms with Crippen LogP contribution in [0.4, 0.5) is 0 Å². The van der Waals surface area contributed by atoms with Crippen molar-refractivity contribution in [2.45, 2.75) is 13.0 Å². The molecule has 0 saturated carbocycles. The third-order valence-corrected chi connectivity index (χ3v) is 5.83. The van der Waals surface area contributed by atoms with Gasteiger partial charge in [-0.1, -0.05) is 48.6 Å². The van der Waals surface area contributed by atoms with E-state index in [-0.39, 0.29) is 18.0 Å². The zero-order valence-corrected chi connectivity index (χ0v) is 18.5. The van der Waals surface area contributed by atoms with Crippen LogP contribution >= 0.6 is 0 Å². The monoisotopic (exact) mass is 427 g/mol. The average molecular weight is 428 g/mol. The van der Waals surface area contributed by atoms with Crippen molar-refractivity contribution in [3.8, 4) is 0 Å². The molecule has 0 spiro atoms. The van der Waals surface area contributed by atoms with Crippen molar-refractivity contribution in [2.24, 2.45) is 0 Å². The minimum atomic E-state index is -0.200. The Kier molecular flexibility index (Phi) is 7.10. The highest BCUT2D eigenvalue weighted by Gasteiger charge is 2.13. The number of likely N-dealkylation sites (N-methyl/N-ethyl adjacent to an activating group) is 1. The number of rotatable bonds is 8. The lowest BCUT2D eigenvalue weighted by atomic mass is 10.1. The predicted molar refractivity (Wildman–Crippen MR) is 130 cm³/mol. The second-order valence-corrected chi connectivity index (χ2v) is 8.42. The van der Waals surface area contributed by atoms with E-state index in [1.807, 2.05) is 42.6 Å². The molecular weight excluding hydrogens is 398 g/mol. The van der Waals surface area contributed by atoms with Gasteiger partial charge < -0.3 is 9.88 Å². The Hall–Kier alpha value is -3.28. The summed E-state index contributed by atoms with van der Waals surface area (Å²) < 4.78 is 0. The number of hydrogen-bond donors (Lipinski definition) is 1. The number of benzene rings is 2. The van der Waals surface area contributed by atoms with E-state index in [2.05, 4.69) is 34.0 Å². The summed E-state index contributed by atoms with van der Waals surface area (Å²) in [5.41, 5.74) is 4.18. The zero-order valence-electron chi connectivity index (χ0n) is 18.5. The summed E-state index contributed by atoms with van der Waals surface area (Å²) in [5, 5.41) is 1.13. The van der Waals surface area contributed by atoms with Crippen LogP contribution in [-0.2, 0) is 16.1 Å². The SMILES string of the molecule is CN1CCN(Cc2ccc(C=CC(=O)CC(=O)C=Cc3ccc4cc[nH]c4c3)cc2)CC1. The first-order valence-electron chi connectivity index (χ1n) is 11.0. The molecule has 2 aromatic carbocycles. The Morgan fingerprint density at radius 1 is 0.875 bits per heavy atom. The Morgan fingerprint density at radius 3 is 2.25 bits per heavy atom. The van der Waals surface area contributed by atoms with Gasteiger partial charge in [-0.05, 0) is 53.4 Å². The van der Waals surface area contributed by atoms with Crippen LogP contribution < -0.4 is 0 Å². The second-order valence-electron chi connectivity index (χ2n) is 8.42. The first-order chi connectivity index (χ1) is 15.5. The van der Waals surface area contributed by atoms with E-state index in [0.29, 0.717) is 0 Å². The van der Waals surface area contributed by atoms with Gasteiger partial charge in [0.05, 0.1) is 6.42 Å². The number of aromatic amines is 1. The molecule has 4 rings (SSSR count). The highest BCUT2D eigenvalue weighted by Crippen LogP contribution is 2.15. The molecule has 0 radical (unpaired) electrons. The van der Waals surface area contributed by atoms with Crippen molar-refractivity contribution < 1.29 is 9.59 Å². The lowest BCUT2D eigenvalue weighted by Gasteiger charge is -2.32. The molecule has 0 bridgehead atoms. The quantitative estimate of drug-likeness (QED) is 0.433. The fraction of sp³-hybridized carbons (Fsp3) is 0.259. The molecular formula is C27H29N3O2. The number of H-pyrrole nitrogens is 1. The van der Waals surface area contributed by atoms with Crippen LogP contribution in [0.5, 0.6) is 0 Å². The van der Waals surface area contributed by atoms with E-state index in [4.69, 9.17) is 0 Å². The predicted octanol–water partition coefficient (Wildman–Crippen LogP) is 4.17. The summed E-state index contributed by atoms with van der Waals surface area (Å²) >= 11 is 0. The van der Waals surface area contributed by atoms with E-state index in [9.17, 15) is 9.59 Å². The molecule has 1 saturated heterocycles. The lowest BCUT2D eigenvalue weighted by Crippen LogP contribution is -2.43.